The molecular formula is C9H14N2O. The van der Waals surface area contributed by atoms with Gasteiger partial charge in [-0.3, -0.25) is 10.3 Å². The molecule has 0 spiro atoms. The van der Waals surface area contributed by atoms with E-state index in [4.69, 9.17) is 0 Å². The van der Waals surface area contributed by atoms with Crippen LogP contribution in [-0.2, 0) is 0 Å². The van der Waals surface area contributed by atoms with Crippen molar-refractivity contribution in [1.82, 2.24) is 10.3 Å². The quantitative estimate of drug-likeness (QED) is 0.660. The molecule has 0 aliphatic carbocycles. The predicted octanol–water partition coefficient (Wildman–Crippen LogP) is 1.07. The normalized spacial score (nSPS) is 13.3. The van der Waals surface area contributed by atoms with Crippen molar-refractivity contribution in [2.75, 3.05) is 0 Å². The maximum atomic E-state index is 9.55. The molecule has 0 amide bonds. The smallest absolute Gasteiger partial charge is 0.131 e. The molecule has 0 bridgehead atoms. The monoisotopic (exact) mass is 166 g/mol. The van der Waals surface area contributed by atoms with Gasteiger partial charge in [0, 0.05) is 18.4 Å². The average molecular weight is 166 g/mol. The van der Waals surface area contributed by atoms with E-state index in [9.17, 15) is 5.11 Å². The molecule has 1 aromatic rings. The Morgan fingerprint density at radius 3 is 2.42 bits per heavy atom. The number of pyridine rings is 1. The van der Waals surface area contributed by atoms with Crippen molar-refractivity contribution in [2.45, 2.75) is 26.1 Å². The molecule has 0 aliphatic heterocycles. The van der Waals surface area contributed by atoms with Crippen LogP contribution in [0.25, 0.3) is 0 Å². The lowest BCUT2D eigenvalue weighted by Gasteiger charge is -2.15. The van der Waals surface area contributed by atoms with Gasteiger partial charge in [-0.15, -0.1) is 0 Å². The van der Waals surface area contributed by atoms with E-state index >= 15 is 0 Å². The standard InChI is InChI=1S/C9H14N2O/c1-7(2)11-9(12)8-3-5-10-6-4-8/h3-7,9,11-12H,1-2H3. The molecule has 1 rings (SSSR count). The van der Waals surface area contributed by atoms with Gasteiger partial charge >= 0.3 is 0 Å². The molecule has 0 aliphatic rings. The highest BCUT2D eigenvalue weighted by atomic mass is 16.3. The second-order valence-electron chi connectivity index (χ2n) is 3.00. The van der Waals surface area contributed by atoms with Crippen molar-refractivity contribution in [3.8, 4) is 0 Å². The maximum absolute atomic E-state index is 9.55. The fourth-order valence-corrected chi connectivity index (χ4v) is 0.958. The van der Waals surface area contributed by atoms with Crippen molar-refractivity contribution < 1.29 is 5.11 Å². The molecule has 2 N–H and O–H groups in total. The molecule has 3 heteroatoms. The highest BCUT2D eigenvalue weighted by Crippen LogP contribution is 2.07. The summed E-state index contributed by atoms with van der Waals surface area (Å²) in [6, 6.07) is 3.85. The Hall–Kier alpha value is -0.930. The van der Waals surface area contributed by atoms with Gasteiger partial charge in [0.2, 0.25) is 0 Å². The summed E-state index contributed by atoms with van der Waals surface area (Å²) in [6.07, 6.45) is 2.74. The van der Waals surface area contributed by atoms with Crippen LogP contribution in [0.2, 0.25) is 0 Å². The van der Waals surface area contributed by atoms with Gasteiger partial charge < -0.3 is 5.11 Å². The number of aromatic nitrogens is 1. The van der Waals surface area contributed by atoms with Crippen molar-refractivity contribution in [2.24, 2.45) is 0 Å². The van der Waals surface area contributed by atoms with E-state index in [0.717, 1.165) is 5.56 Å². The van der Waals surface area contributed by atoms with Crippen molar-refractivity contribution in [3.05, 3.63) is 30.1 Å². The molecule has 0 saturated carbocycles. The number of rotatable bonds is 3. The summed E-state index contributed by atoms with van der Waals surface area (Å²) in [7, 11) is 0. The fourth-order valence-electron chi connectivity index (χ4n) is 0.958. The van der Waals surface area contributed by atoms with Crippen LogP contribution in [0.1, 0.15) is 25.6 Å². The van der Waals surface area contributed by atoms with Crippen LogP contribution in [0.4, 0.5) is 0 Å². The van der Waals surface area contributed by atoms with E-state index in [-0.39, 0.29) is 6.04 Å². The summed E-state index contributed by atoms with van der Waals surface area (Å²) < 4.78 is 0. The lowest BCUT2D eigenvalue weighted by molar-refractivity contribution is 0.129. The first-order valence-corrected chi connectivity index (χ1v) is 4.04. The Morgan fingerprint density at radius 2 is 1.92 bits per heavy atom. The minimum Gasteiger partial charge on any atom is -0.374 e. The summed E-state index contributed by atoms with van der Waals surface area (Å²) in [4.78, 5) is 3.87. The Bertz CT molecular complexity index is 223. The topological polar surface area (TPSA) is 45.1 Å². The van der Waals surface area contributed by atoms with Crippen LogP contribution in [0.3, 0.4) is 0 Å². The third-order valence-corrected chi connectivity index (χ3v) is 1.51. The third-order valence-electron chi connectivity index (χ3n) is 1.51. The zero-order valence-electron chi connectivity index (χ0n) is 7.36. The van der Waals surface area contributed by atoms with Gasteiger partial charge in [0.25, 0.3) is 0 Å². The summed E-state index contributed by atoms with van der Waals surface area (Å²) in [6.45, 7) is 3.98. The summed E-state index contributed by atoms with van der Waals surface area (Å²) in [5.74, 6) is 0. The molecule has 1 atom stereocenters. The Kier molecular flexibility index (Phi) is 3.19. The molecular weight excluding hydrogens is 152 g/mol. The predicted molar refractivity (Wildman–Crippen MR) is 47.5 cm³/mol. The number of hydrogen-bond acceptors (Lipinski definition) is 3. The van der Waals surface area contributed by atoms with Gasteiger partial charge in [-0.1, -0.05) is 0 Å². The molecule has 3 nitrogen and oxygen atoms in total. The Morgan fingerprint density at radius 1 is 1.33 bits per heavy atom. The number of aliphatic hydroxyl groups is 1. The van der Waals surface area contributed by atoms with E-state index in [0.29, 0.717) is 0 Å². The third kappa shape index (κ3) is 2.60. The van der Waals surface area contributed by atoms with Gasteiger partial charge in [-0.05, 0) is 31.5 Å². The zero-order chi connectivity index (χ0) is 8.97. The lowest BCUT2D eigenvalue weighted by Crippen LogP contribution is -2.27. The SMILES string of the molecule is CC(C)NC(O)c1ccncc1. The van der Waals surface area contributed by atoms with E-state index < -0.39 is 6.23 Å². The van der Waals surface area contributed by atoms with Crippen molar-refractivity contribution in [3.63, 3.8) is 0 Å². The minimum atomic E-state index is -0.590. The van der Waals surface area contributed by atoms with Crippen LogP contribution in [-0.4, -0.2) is 16.1 Å². The first-order valence-electron chi connectivity index (χ1n) is 4.04. The lowest BCUT2D eigenvalue weighted by atomic mass is 10.2. The second kappa shape index (κ2) is 4.18. The highest BCUT2D eigenvalue weighted by Gasteiger charge is 2.06. The van der Waals surface area contributed by atoms with Gasteiger partial charge in [0.1, 0.15) is 6.23 Å². The van der Waals surface area contributed by atoms with Crippen molar-refractivity contribution in [1.29, 1.82) is 0 Å². The molecule has 0 aromatic carbocycles. The highest BCUT2D eigenvalue weighted by molar-refractivity contribution is 5.12. The molecule has 12 heavy (non-hydrogen) atoms. The molecule has 0 fully saturated rings. The van der Waals surface area contributed by atoms with Gasteiger partial charge in [0.15, 0.2) is 0 Å². The maximum Gasteiger partial charge on any atom is 0.131 e. The van der Waals surface area contributed by atoms with E-state index in [1.165, 1.54) is 0 Å². The first kappa shape index (κ1) is 9.16. The summed E-state index contributed by atoms with van der Waals surface area (Å²) in [5, 5.41) is 12.5. The van der Waals surface area contributed by atoms with Crippen LogP contribution in [0, 0.1) is 0 Å². The minimum absolute atomic E-state index is 0.271. The van der Waals surface area contributed by atoms with E-state index in [1.54, 1.807) is 24.5 Å². The van der Waals surface area contributed by atoms with Crippen LogP contribution in [0.5, 0.6) is 0 Å². The Labute approximate surface area is 72.5 Å². The molecule has 1 unspecified atom stereocenters. The summed E-state index contributed by atoms with van der Waals surface area (Å²) in [5.41, 5.74) is 0.846. The van der Waals surface area contributed by atoms with Gasteiger partial charge in [-0.25, -0.2) is 0 Å². The number of aliphatic hydroxyl groups excluding tert-OH is 1. The average Bonchev–Trinajstić information content (AvgIpc) is 2.05. The van der Waals surface area contributed by atoms with Crippen LogP contribution >= 0.6 is 0 Å². The molecule has 0 saturated heterocycles. The van der Waals surface area contributed by atoms with E-state index in [1.807, 2.05) is 13.8 Å². The van der Waals surface area contributed by atoms with Crippen LogP contribution in [0.15, 0.2) is 24.5 Å². The first-order chi connectivity index (χ1) is 5.70. The largest absolute Gasteiger partial charge is 0.374 e. The van der Waals surface area contributed by atoms with Crippen molar-refractivity contribution >= 4 is 0 Å². The summed E-state index contributed by atoms with van der Waals surface area (Å²) >= 11 is 0. The Balaban J connectivity index is 2.59. The number of hydrogen-bond donors (Lipinski definition) is 2. The second-order valence-corrected chi connectivity index (χ2v) is 3.00. The van der Waals surface area contributed by atoms with Gasteiger partial charge in [0.05, 0.1) is 0 Å². The number of nitrogens with zero attached hydrogens (tertiary/aromatic N) is 1. The molecule has 66 valence electrons. The van der Waals surface area contributed by atoms with Crippen LogP contribution < -0.4 is 5.32 Å². The fraction of sp³-hybridized carbons (Fsp3) is 0.444. The van der Waals surface area contributed by atoms with Gasteiger partial charge in [-0.2, -0.15) is 0 Å². The number of nitrogens with one attached hydrogen (secondary N) is 1. The molecule has 0 radical (unpaired) electrons. The molecule has 1 heterocycles. The van der Waals surface area contributed by atoms with E-state index in [2.05, 4.69) is 10.3 Å². The zero-order valence-corrected chi connectivity index (χ0v) is 7.36. The molecule has 1 aromatic heterocycles.